The SMILES string of the molecule is O=C(O)C1CSCCN1C(=O)c1cc(Cl)ccc1F. The van der Waals surface area contributed by atoms with Crippen LogP contribution in [-0.2, 0) is 4.79 Å². The molecule has 1 N–H and O–H groups in total. The molecule has 1 aliphatic rings. The molecule has 2 rings (SSSR count). The molecule has 7 heteroatoms. The first-order valence-corrected chi connectivity index (χ1v) is 7.10. The van der Waals surface area contributed by atoms with E-state index in [2.05, 4.69) is 0 Å². The number of halogens is 2. The Bertz CT molecular complexity index is 526. The van der Waals surface area contributed by atoms with Crippen molar-refractivity contribution in [3.05, 3.63) is 34.6 Å². The van der Waals surface area contributed by atoms with E-state index < -0.39 is 23.7 Å². The fourth-order valence-electron chi connectivity index (χ4n) is 1.87. The van der Waals surface area contributed by atoms with E-state index in [4.69, 9.17) is 16.7 Å². The third-order valence-corrected chi connectivity index (χ3v) is 4.09. The van der Waals surface area contributed by atoms with Crippen molar-refractivity contribution in [1.82, 2.24) is 4.90 Å². The molecule has 19 heavy (non-hydrogen) atoms. The van der Waals surface area contributed by atoms with Gasteiger partial charge in [0, 0.05) is 23.1 Å². The van der Waals surface area contributed by atoms with E-state index >= 15 is 0 Å². The molecule has 1 aliphatic heterocycles. The summed E-state index contributed by atoms with van der Waals surface area (Å²) in [5, 5.41) is 9.34. The zero-order valence-corrected chi connectivity index (χ0v) is 11.4. The molecular weight excluding hydrogens is 293 g/mol. The summed E-state index contributed by atoms with van der Waals surface area (Å²) in [4.78, 5) is 24.6. The summed E-state index contributed by atoms with van der Waals surface area (Å²) < 4.78 is 13.6. The predicted molar refractivity (Wildman–Crippen MR) is 71.2 cm³/mol. The van der Waals surface area contributed by atoms with Gasteiger partial charge in [0.05, 0.1) is 5.56 Å². The van der Waals surface area contributed by atoms with Gasteiger partial charge in [-0.15, -0.1) is 0 Å². The number of hydrogen-bond donors (Lipinski definition) is 1. The Labute approximate surface area is 118 Å². The van der Waals surface area contributed by atoms with Crippen molar-refractivity contribution in [2.75, 3.05) is 18.1 Å². The normalized spacial score (nSPS) is 19.3. The first-order chi connectivity index (χ1) is 9.00. The molecule has 1 aromatic rings. The minimum atomic E-state index is -1.08. The number of carboxylic acids is 1. The molecule has 0 spiro atoms. The van der Waals surface area contributed by atoms with Crippen molar-refractivity contribution in [2.24, 2.45) is 0 Å². The highest BCUT2D eigenvalue weighted by molar-refractivity contribution is 7.99. The molecule has 102 valence electrons. The second kappa shape index (κ2) is 5.79. The number of thioether (sulfide) groups is 1. The number of rotatable bonds is 2. The summed E-state index contributed by atoms with van der Waals surface area (Å²) in [5.74, 6) is -1.46. The average molecular weight is 304 g/mol. The van der Waals surface area contributed by atoms with Crippen LogP contribution in [0, 0.1) is 5.82 Å². The number of amides is 1. The van der Waals surface area contributed by atoms with E-state index in [1.54, 1.807) is 0 Å². The number of hydrogen-bond acceptors (Lipinski definition) is 3. The van der Waals surface area contributed by atoms with Gasteiger partial charge >= 0.3 is 5.97 Å². The fourth-order valence-corrected chi connectivity index (χ4v) is 3.08. The van der Waals surface area contributed by atoms with Gasteiger partial charge in [-0.2, -0.15) is 11.8 Å². The van der Waals surface area contributed by atoms with Crippen molar-refractivity contribution in [3.63, 3.8) is 0 Å². The minimum absolute atomic E-state index is 0.189. The Hall–Kier alpha value is -1.27. The van der Waals surface area contributed by atoms with Crippen LogP contribution in [0.2, 0.25) is 5.02 Å². The number of carboxylic acid groups (broad SMARTS) is 1. The lowest BCUT2D eigenvalue weighted by atomic mass is 10.1. The molecule has 1 aromatic carbocycles. The molecular formula is C12H11ClFNO3S. The lowest BCUT2D eigenvalue weighted by Gasteiger charge is -2.32. The van der Waals surface area contributed by atoms with Gasteiger partial charge in [-0.05, 0) is 18.2 Å². The van der Waals surface area contributed by atoms with Crippen LogP contribution >= 0.6 is 23.4 Å². The van der Waals surface area contributed by atoms with Crippen LogP contribution < -0.4 is 0 Å². The minimum Gasteiger partial charge on any atom is -0.480 e. The summed E-state index contributed by atoms with van der Waals surface area (Å²) in [6.07, 6.45) is 0. The molecule has 1 atom stereocenters. The van der Waals surface area contributed by atoms with E-state index in [0.29, 0.717) is 11.5 Å². The van der Waals surface area contributed by atoms with Gasteiger partial charge in [0.1, 0.15) is 11.9 Å². The van der Waals surface area contributed by atoms with Gasteiger partial charge in [0.2, 0.25) is 0 Å². The second-order valence-corrected chi connectivity index (χ2v) is 5.64. The van der Waals surface area contributed by atoms with Crippen LogP contribution in [0.25, 0.3) is 0 Å². The van der Waals surface area contributed by atoms with Crippen LogP contribution in [0.3, 0.4) is 0 Å². The Balaban J connectivity index is 2.31. The van der Waals surface area contributed by atoms with Crippen molar-refractivity contribution < 1.29 is 19.1 Å². The molecule has 0 aliphatic carbocycles. The van der Waals surface area contributed by atoms with Gasteiger partial charge in [-0.25, -0.2) is 9.18 Å². The average Bonchev–Trinajstić information content (AvgIpc) is 2.40. The van der Waals surface area contributed by atoms with Crippen molar-refractivity contribution in [2.45, 2.75) is 6.04 Å². The maximum Gasteiger partial charge on any atom is 0.327 e. The van der Waals surface area contributed by atoms with E-state index in [0.717, 1.165) is 6.07 Å². The van der Waals surface area contributed by atoms with Gasteiger partial charge in [-0.1, -0.05) is 11.6 Å². The van der Waals surface area contributed by atoms with Crippen LogP contribution in [0.15, 0.2) is 18.2 Å². The molecule has 1 amide bonds. The standard InChI is InChI=1S/C12H11ClFNO3S/c13-7-1-2-9(14)8(5-7)11(16)15-3-4-19-6-10(15)12(17)18/h1-2,5,10H,3-4,6H2,(H,17,18). The molecule has 1 saturated heterocycles. The third kappa shape index (κ3) is 3.01. The summed E-state index contributed by atoms with van der Waals surface area (Å²) in [5.41, 5.74) is -0.189. The molecule has 0 saturated carbocycles. The summed E-state index contributed by atoms with van der Waals surface area (Å²) in [6.45, 7) is 0.284. The van der Waals surface area contributed by atoms with E-state index in [9.17, 15) is 14.0 Å². The lowest BCUT2D eigenvalue weighted by molar-refractivity contribution is -0.141. The highest BCUT2D eigenvalue weighted by atomic mass is 35.5. The highest BCUT2D eigenvalue weighted by Crippen LogP contribution is 2.22. The summed E-state index contributed by atoms with van der Waals surface area (Å²) in [6, 6.07) is 2.74. The van der Waals surface area contributed by atoms with Crippen LogP contribution in [-0.4, -0.2) is 46.0 Å². The van der Waals surface area contributed by atoms with Gasteiger partial charge < -0.3 is 10.0 Å². The summed E-state index contributed by atoms with van der Waals surface area (Å²) >= 11 is 7.20. The third-order valence-electron chi connectivity index (χ3n) is 2.83. The molecule has 0 radical (unpaired) electrons. The number of nitrogens with zero attached hydrogens (tertiary/aromatic N) is 1. The second-order valence-electron chi connectivity index (χ2n) is 4.05. The Morgan fingerprint density at radius 3 is 2.89 bits per heavy atom. The Morgan fingerprint density at radius 1 is 1.47 bits per heavy atom. The molecule has 0 bridgehead atoms. The first-order valence-electron chi connectivity index (χ1n) is 5.57. The quantitative estimate of drug-likeness (QED) is 0.909. The Morgan fingerprint density at radius 2 is 2.21 bits per heavy atom. The maximum atomic E-state index is 13.6. The molecule has 1 heterocycles. The monoisotopic (exact) mass is 303 g/mol. The topological polar surface area (TPSA) is 57.6 Å². The van der Waals surface area contributed by atoms with E-state index in [1.807, 2.05) is 0 Å². The predicted octanol–water partition coefficient (Wildman–Crippen LogP) is 2.12. The van der Waals surface area contributed by atoms with Crippen LogP contribution in [0.1, 0.15) is 10.4 Å². The smallest absolute Gasteiger partial charge is 0.327 e. The van der Waals surface area contributed by atoms with Crippen LogP contribution in [0.4, 0.5) is 4.39 Å². The fraction of sp³-hybridized carbons (Fsp3) is 0.333. The van der Waals surface area contributed by atoms with Crippen LogP contribution in [0.5, 0.6) is 0 Å². The zero-order chi connectivity index (χ0) is 14.0. The van der Waals surface area contributed by atoms with Crippen molar-refractivity contribution in [1.29, 1.82) is 0 Å². The van der Waals surface area contributed by atoms with Crippen molar-refractivity contribution >= 4 is 35.2 Å². The maximum absolute atomic E-state index is 13.6. The Kier molecular flexibility index (Phi) is 4.31. The van der Waals surface area contributed by atoms with E-state index in [1.165, 1.54) is 28.8 Å². The lowest BCUT2D eigenvalue weighted by Crippen LogP contribution is -2.50. The van der Waals surface area contributed by atoms with Gasteiger partial charge in [0.25, 0.3) is 5.91 Å². The molecule has 1 unspecified atom stereocenters. The van der Waals surface area contributed by atoms with Gasteiger partial charge in [-0.3, -0.25) is 4.79 Å². The number of aliphatic carboxylic acids is 1. The number of carbonyl (C=O) groups excluding carboxylic acids is 1. The molecule has 0 aromatic heterocycles. The summed E-state index contributed by atoms with van der Waals surface area (Å²) in [7, 11) is 0. The van der Waals surface area contributed by atoms with E-state index in [-0.39, 0.29) is 17.1 Å². The van der Waals surface area contributed by atoms with Gasteiger partial charge in [0.15, 0.2) is 0 Å². The largest absolute Gasteiger partial charge is 0.480 e. The highest BCUT2D eigenvalue weighted by Gasteiger charge is 2.33. The zero-order valence-electron chi connectivity index (χ0n) is 9.81. The first kappa shape index (κ1) is 14.1. The molecule has 4 nitrogen and oxygen atoms in total. The molecule has 1 fully saturated rings. The van der Waals surface area contributed by atoms with Crippen molar-refractivity contribution in [3.8, 4) is 0 Å². The number of benzene rings is 1. The number of carbonyl (C=O) groups is 2.